The molecule has 2 heterocycles. The molecule has 0 bridgehead atoms. The van der Waals surface area contributed by atoms with Crippen LogP contribution >= 0.6 is 11.6 Å². The number of nitrogens with two attached hydrogens (primary N) is 1. The number of halogens is 2. The van der Waals surface area contributed by atoms with Crippen LogP contribution in [0.5, 0.6) is 0 Å². The van der Waals surface area contributed by atoms with Gasteiger partial charge in [-0.1, -0.05) is 11.6 Å². The molecule has 178 valence electrons. The number of hydrogen-bond donors (Lipinski definition) is 4. The Labute approximate surface area is 200 Å². The van der Waals surface area contributed by atoms with Gasteiger partial charge in [0.1, 0.15) is 11.3 Å². The minimum Gasteiger partial charge on any atom is -0.394 e. The lowest BCUT2D eigenvalue weighted by Gasteiger charge is -2.29. The number of imidazole rings is 1. The van der Waals surface area contributed by atoms with Crippen LogP contribution in [0.25, 0.3) is 11.2 Å². The van der Waals surface area contributed by atoms with Crippen molar-refractivity contribution in [2.45, 2.75) is 44.7 Å². The fourth-order valence-corrected chi connectivity index (χ4v) is 4.40. The molecule has 1 fully saturated rings. The van der Waals surface area contributed by atoms with Crippen LogP contribution in [0.1, 0.15) is 44.2 Å². The number of rotatable bonds is 7. The smallest absolute Gasteiger partial charge is 0.225 e. The van der Waals surface area contributed by atoms with Crippen LogP contribution < -0.4 is 16.4 Å². The molecule has 1 saturated carbocycles. The second kappa shape index (κ2) is 9.79. The van der Waals surface area contributed by atoms with Gasteiger partial charge in [0.25, 0.3) is 0 Å². The summed E-state index contributed by atoms with van der Waals surface area (Å²) in [5.74, 6) is -0.569. The zero-order valence-corrected chi connectivity index (χ0v) is 19.2. The molecule has 1 atom stereocenters. The summed E-state index contributed by atoms with van der Waals surface area (Å²) in [5.41, 5.74) is 6.57. The van der Waals surface area contributed by atoms with Gasteiger partial charge < -0.3 is 21.5 Å². The summed E-state index contributed by atoms with van der Waals surface area (Å²) in [7, 11) is 0. The molecule has 4 rings (SSSR count). The molecule has 0 spiro atoms. The highest BCUT2D eigenvalue weighted by atomic mass is 35.5. The van der Waals surface area contributed by atoms with E-state index in [-0.39, 0.29) is 46.8 Å². The van der Waals surface area contributed by atoms with Crippen molar-refractivity contribution in [2.24, 2.45) is 11.7 Å². The average molecular weight is 487 g/mol. The largest absolute Gasteiger partial charge is 0.394 e. The second-order valence-corrected chi connectivity index (χ2v) is 8.80. The van der Waals surface area contributed by atoms with Crippen molar-refractivity contribution in [3.05, 3.63) is 34.7 Å². The lowest BCUT2D eigenvalue weighted by Crippen LogP contribution is -2.29. The van der Waals surface area contributed by atoms with Crippen molar-refractivity contribution in [1.29, 1.82) is 5.26 Å². The van der Waals surface area contributed by atoms with Crippen molar-refractivity contribution in [3.63, 3.8) is 0 Å². The number of anilines is 3. The Morgan fingerprint density at radius 1 is 1.38 bits per heavy atom. The minimum absolute atomic E-state index is 0.0109. The Balaban J connectivity index is 1.77. The summed E-state index contributed by atoms with van der Waals surface area (Å²) in [6.45, 7) is 1.69. The second-order valence-electron chi connectivity index (χ2n) is 8.40. The quantitative estimate of drug-likeness (QED) is 0.396. The van der Waals surface area contributed by atoms with Gasteiger partial charge in [0, 0.05) is 18.0 Å². The highest BCUT2D eigenvalue weighted by Crippen LogP contribution is 2.38. The van der Waals surface area contributed by atoms with Gasteiger partial charge in [-0.2, -0.15) is 10.2 Å². The van der Waals surface area contributed by atoms with Gasteiger partial charge >= 0.3 is 0 Å². The maximum atomic E-state index is 14.8. The molecule has 5 N–H and O–H groups in total. The Hall–Kier alpha value is -3.49. The Morgan fingerprint density at radius 3 is 2.74 bits per heavy atom. The number of nitrogens with one attached hydrogen (secondary N) is 2. The van der Waals surface area contributed by atoms with Crippen LogP contribution in [0.2, 0.25) is 5.02 Å². The first kappa shape index (κ1) is 23.7. The van der Waals surface area contributed by atoms with Crippen molar-refractivity contribution >= 4 is 46.3 Å². The van der Waals surface area contributed by atoms with Crippen molar-refractivity contribution in [2.75, 3.05) is 17.2 Å². The predicted octanol–water partition coefficient (Wildman–Crippen LogP) is 3.24. The first-order chi connectivity index (χ1) is 16.3. The topological polar surface area (TPSA) is 155 Å². The van der Waals surface area contributed by atoms with Crippen LogP contribution in [0.4, 0.5) is 22.0 Å². The molecule has 1 aliphatic carbocycles. The monoisotopic (exact) mass is 486 g/mol. The lowest BCUT2D eigenvalue weighted by molar-refractivity contribution is -0.122. The number of amides is 1. The van der Waals surface area contributed by atoms with Crippen LogP contribution in [-0.4, -0.2) is 43.2 Å². The predicted molar refractivity (Wildman–Crippen MR) is 125 cm³/mol. The van der Waals surface area contributed by atoms with Gasteiger partial charge in [-0.05, 0) is 44.7 Å². The highest BCUT2D eigenvalue weighted by molar-refractivity contribution is 6.33. The molecular formula is C22H24ClFN8O2. The zero-order valence-electron chi connectivity index (χ0n) is 18.4. The van der Waals surface area contributed by atoms with E-state index in [0.29, 0.717) is 48.7 Å². The van der Waals surface area contributed by atoms with Crippen molar-refractivity contribution < 1.29 is 14.3 Å². The van der Waals surface area contributed by atoms with E-state index >= 15 is 0 Å². The van der Waals surface area contributed by atoms with E-state index in [1.54, 1.807) is 13.1 Å². The third kappa shape index (κ3) is 4.73. The van der Waals surface area contributed by atoms with Gasteiger partial charge in [0.05, 0.1) is 35.1 Å². The Morgan fingerprint density at radius 2 is 2.12 bits per heavy atom. The number of aliphatic hydroxyl groups excluding tert-OH is 1. The SMILES string of the molecule is C[C@@H](CO)Nc1ncc2nc(Nc3c(F)cc(C#N)cc3Cl)n([C@H]3CC[C@@H](C(N)=O)CC3)c2n1. The van der Waals surface area contributed by atoms with Crippen LogP contribution in [0.15, 0.2) is 18.3 Å². The molecule has 34 heavy (non-hydrogen) atoms. The molecule has 1 aliphatic rings. The normalized spacial score (nSPS) is 18.9. The molecule has 0 saturated heterocycles. The number of fused-ring (bicyclic) bond motifs is 1. The minimum atomic E-state index is -0.690. The van der Waals surface area contributed by atoms with E-state index < -0.39 is 5.82 Å². The standard InChI is InChI=1S/C22H24ClFN8O2/c1-11(10-33)28-21-27-9-17-20(31-21)32(14-4-2-13(3-5-14)19(26)34)22(29-17)30-18-15(23)6-12(8-25)7-16(18)24/h6-7,9,11,13-14,33H,2-5,10H2,1H3,(H2,26,34)(H,29,30)(H,27,28,31)/t11-,13-,14+/m0/s1. The number of nitriles is 1. The number of aliphatic hydroxyl groups is 1. The van der Waals surface area contributed by atoms with E-state index in [9.17, 15) is 14.3 Å². The summed E-state index contributed by atoms with van der Waals surface area (Å²) < 4.78 is 16.6. The number of primary amides is 1. The van der Waals surface area contributed by atoms with Gasteiger partial charge in [-0.25, -0.2) is 14.4 Å². The molecule has 0 aliphatic heterocycles. The molecule has 2 aromatic heterocycles. The summed E-state index contributed by atoms with van der Waals surface area (Å²) in [4.78, 5) is 25.1. The first-order valence-corrected chi connectivity index (χ1v) is 11.3. The lowest BCUT2D eigenvalue weighted by atomic mass is 9.85. The molecular weight excluding hydrogens is 463 g/mol. The van der Waals surface area contributed by atoms with Gasteiger partial charge in [0.15, 0.2) is 5.65 Å². The zero-order chi connectivity index (χ0) is 24.4. The fraction of sp³-hybridized carbons (Fsp3) is 0.409. The number of aromatic nitrogens is 4. The average Bonchev–Trinajstić information content (AvgIpc) is 3.18. The van der Waals surface area contributed by atoms with E-state index in [4.69, 9.17) is 22.6 Å². The summed E-state index contributed by atoms with van der Waals surface area (Å²) in [5, 5.41) is 24.4. The third-order valence-corrected chi connectivity index (χ3v) is 6.25. The maximum Gasteiger partial charge on any atom is 0.225 e. The third-order valence-electron chi connectivity index (χ3n) is 5.95. The number of nitrogens with zero attached hydrogens (tertiary/aromatic N) is 5. The van der Waals surface area contributed by atoms with Crippen LogP contribution in [-0.2, 0) is 4.79 Å². The van der Waals surface area contributed by atoms with E-state index in [0.717, 1.165) is 6.07 Å². The summed E-state index contributed by atoms with van der Waals surface area (Å²) >= 11 is 6.25. The van der Waals surface area contributed by atoms with Gasteiger partial charge in [0.2, 0.25) is 17.8 Å². The molecule has 1 aromatic carbocycles. The molecule has 10 nitrogen and oxygen atoms in total. The Bertz CT molecular complexity index is 1240. The number of carbonyl (C=O) groups is 1. The first-order valence-electron chi connectivity index (χ1n) is 10.9. The number of hydrogen-bond acceptors (Lipinski definition) is 8. The molecule has 12 heteroatoms. The molecule has 1 amide bonds. The van der Waals surface area contributed by atoms with E-state index in [1.165, 1.54) is 6.07 Å². The number of carbonyl (C=O) groups excluding carboxylic acids is 1. The van der Waals surface area contributed by atoms with Crippen molar-refractivity contribution in [1.82, 2.24) is 19.5 Å². The van der Waals surface area contributed by atoms with Crippen LogP contribution in [0.3, 0.4) is 0 Å². The molecule has 3 aromatic rings. The van der Waals surface area contributed by atoms with Crippen molar-refractivity contribution in [3.8, 4) is 6.07 Å². The van der Waals surface area contributed by atoms with Crippen LogP contribution in [0, 0.1) is 23.1 Å². The summed E-state index contributed by atoms with van der Waals surface area (Å²) in [6, 6.07) is 3.99. The fourth-order valence-electron chi connectivity index (χ4n) is 4.15. The highest BCUT2D eigenvalue weighted by Gasteiger charge is 2.29. The molecule has 0 unspecified atom stereocenters. The Kier molecular flexibility index (Phi) is 6.81. The number of benzene rings is 1. The van der Waals surface area contributed by atoms with E-state index in [1.807, 2.05) is 10.6 Å². The summed E-state index contributed by atoms with van der Waals surface area (Å²) in [6.07, 6.45) is 4.07. The van der Waals surface area contributed by atoms with Gasteiger partial charge in [-0.3, -0.25) is 9.36 Å². The molecule has 0 radical (unpaired) electrons. The maximum absolute atomic E-state index is 14.8. The van der Waals surface area contributed by atoms with E-state index in [2.05, 4.69) is 25.6 Å². The van der Waals surface area contributed by atoms with Gasteiger partial charge in [-0.15, -0.1) is 0 Å².